The summed E-state index contributed by atoms with van der Waals surface area (Å²) in [7, 11) is 0. The highest BCUT2D eigenvalue weighted by atomic mass is 16.6. The van der Waals surface area contributed by atoms with E-state index >= 15 is 0 Å². The Morgan fingerprint density at radius 1 is 1.05 bits per heavy atom. The van der Waals surface area contributed by atoms with Crippen LogP contribution >= 0.6 is 0 Å². The Labute approximate surface area is 120 Å². The molecule has 0 fully saturated rings. The van der Waals surface area contributed by atoms with Crippen molar-refractivity contribution in [1.29, 1.82) is 0 Å². The SMILES string of the molecule is CC(=O)OC[C@H](OC(C)=O)c1ccc(C(C)(C)C)cc1. The highest BCUT2D eigenvalue weighted by molar-refractivity contribution is 5.67. The molecule has 0 N–H and O–H groups in total. The van der Waals surface area contributed by atoms with Gasteiger partial charge >= 0.3 is 11.9 Å². The fourth-order valence-electron chi connectivity index (χ4n) is 1.79. The second-order valence-corrected chi connectivity index (χ2v) is 5.77. The number of benzene rings is 1. The lowest BCUT2D eigenvalue weighted by Crippen LogP contribution is -2.17. The standard InChI is InChI=1S/C16H22O4/c1-11(17)19-10-15(20-12(2)18)13-6-8-14(9-7-13)16(3,4)5/h6-9,15H,10H2,1-5H3/t15-/m0/s1. The third-order valence-corrected chi connectivity index (χ3v) is 2.89. The van der Waals surface area contributed by atoms with Crippen LogP contribution in [0.3, 0.4) is 0 Å². The van der Waals surface area contributed by atoms with Crippen molar-refractivity contribution < 1.29 is 19.1 Å². The van der Waals surface area contributed by atoms with E-state index in [1.807, 2.05) is 24.3 Å². The molecule has 0 bridgehead atoms. The first-order valence-electron chi connectivity index (χ1n) is 6.61. The van der Waals surface area contributed by atoms with Crippen LogP contribution in [0.15, 0.2) is 24.3 Å². The molecule has 0 aliphatic carbocycles. The number of hydrogen-bond acceptors (Lipinski definition) is 4. The van der Waals surface area contributed by atoms with Crippen LogP contribution in [0.2, 0.25) is 0 Å². The van der Waals surface area contributed by atoms with E-state index in [2.05, 4.69) is 20.8 Å². The van der Waals surface area contributed by atoms with Crippen LogP contribution in [0.1, 0.15) is 51.8 Å². The van der Waals surface area contributed by atoms with Crippen LogP contribution in [0, 0.1) is 0 Å². The van der Waals surface area contributed by atoms with Crippen LogP contribution in [0.25, 0.3) is 0 Å². The first-order chi connectivity index (χ1) is 9.20. The Kier molecular flexibility index (Phi) is 5.31. The summed E-state index contributed by atoms with van der Waals surface area (Å²) >= 11 is 0. The molecule has 0 saturated carbocycles. The lowest BCUT2D eigenvalue weighted by atomic mass is 9.86. The first-order valence-corrected chi connectivity index (χ1v) is 6.61. The second-order valence-electron chi connectivity index (χ2n) is 5.77. The molecule has 0 unspecified atom stereocenters. The number of ether oxygens (including phenoxy) is 2. The van der Waals surface area contributed by atoms with Gasteiger partial charge in [-0.25, -0.2) is 0 Å². The maximum Gasteiger partial charge on any atom is 0.303 e. The minimum atomic E-state index is -0.564. The van der Waals surface area contributed by atoms with E-state index in [9.17, 15) is 9.59 Å². The highest BCUT2D eigenvalue weighted by Gasteiger charge is 2.18. The number of carbonyl (C=O) groups excluding carboxylic acids is 2. The van der Waals surface area contributed by atoms with Crippen molar-refractivity contribution in [2.24, 2.45) is 0 Å². The molecule has 0 aliphatic rings. The van der Waals surface area contributed by atoms with Crippen molar-refractivity contribution in [3.8, 4) is 0 Å². The van der Waals surface area contributed by atoms with Crippen LogP contribution in [-0.2, 0) is 24.5 Å². The highest BCUT2D eigenvalue weighted by Crippen LogP contribution is 2.25. The molecule has 0 aromatic heterocycles. The molecule has 0 radical (unpaired) electrons. The van der Waals surface area contributed by atoms with Crippen LogP contribution in [-0.4, -0.2) is 18.5 Å². The van der Waals surface area contributed by atoms with Crippen molar-refractivity contribution in [3.63, 3.8) is 0 Å². The van der Waals surface area contributed by atoms with Gasteiger partial charge in [0.1, 0.15) is 6.61 Å². The van der Waals surface area contributed by atoms with Gasteiger partial charge in [0, 0.05) is 13.8 Å². The van der Waals surface area contributed by atoms with Crippen LogP contribution in [0.5, 0.6) is 0 Å². The average molecular weight is 278 g/mol. The molecule has 0 spiro atoms. The van der Waals surface area contributed by atoms with Crippen molar-refractivity contribution in [2.45, 2.75) is 46.1 Å². The molecule has 0 aliphatic heterocycles. The lowest BCUT2D eigenvalue weighted by Gasteiger charge is -2.21. The van der Waals surface area contributed by atoms with E-state index in [0.29, 0.717) is 0 Å². The molecule has 4 nitrogen and oxygen atoms in total. The van der Waals surface area contributed by atoms with E-state index in [1.165, 1.54) is 19.4 Å². The number of esters is 2. The van der Waals surface area contributed by atoms with Gasteiger partial charge in [-0.1, -0.05) is 45.0 Å². The number of rotatable bonds is 4. The molecule has 110 valence electrons. The minimum Gasteiger partial charge on any atom is -0.462 e. The first kappa shape index (κ1) is 16.2. The molecule has 20 heavy (non-hydrogen) atoms. The topological polar surface area (TPSA) is 52.6 Å². The van der Waals surface area contributed by atoms with Crippen molar-refractivity contribution in [1.82, 2.24) is 0 Å². The Hall–Kier alpha value is -1.84. The van der Waals surface area contributed by atoms with E-state index in [4.69, 9.17) is 9.47 Å². The summed E-state index contributed by atoms with van der Waals surface area (Å²) in [5.41, 5.74) is 2.07. The fourth-order valence-corrected chi connectivity index (χ4v) is 1.79. The maximum atomic E-state index is 11.1. The smallest absolute Gasteiger partial charge is 0.303 e. The Bertz CT molecular complexity index is 468. The summed E-state index contributed by atoms with van der Waals surface area (Å²) in [5.74, 6) is -0.796. The van der Waals surface area contributed by atoms with Gasteiger partial charge in [-0.05, 0) is 16.5 Å². The quantitative estimate of drug-likeness (QED) is 0.794. The van der Waals surface area contributed by atoms with Gasteiger partial charge in [0.2, 0.25) is 0 Å². The predicted octanol–water partition coefficient (Wildman–Crippen LogP) is 3.15. The Morgan fingerprint density at radius 2 is 1.60 bits per heavy atom. The van der Waals surface area contributed by atoms with Crippen molar-refractivity contribution in [2.75, 3.05) is 6.61 Å². The normalized spacial score (nSPS) is 12.7. The van der Waals surface area contributed by atoms with Gasteiger partial charge in [0.25, 0.3) is 0 Å². The van der Waals surface area contributed by atoms with Crippen LogP contribution < -0.4 is 0 Å². The summed E-state index contributed by atoms with van der Waals surface area (Å²) in [4.78, 5) is 22.0. The molecule has 0 heterocycles. The second kappa shape index (κ2) is 6.55. The molecular formula is C16H22O4. The zero-order chi connectivity index (χ0) is 15.3. The maximum absolute atomic E-state index is 11.1. The largest absolute Gasteiger partial charge is 0.462 e. The Morgan fingerprint density at radius 3 is 2.00 bits per heavy atom. The van der Waals surface area contributed by atoms with Gasteiger partial charge < -0.3 is 9.47 Å². The molecule has 1 atom stereocenters. The molecule has 1 aromatic carbocycles. The molecule has 1 aromatic rings. The molecular weight excluding hydrogens is 256 g/mol. The van der Waals surface area contributed by atoms with Gasteiger partial charge in [-0.3, -0.25) is 9.59 Å². The van der Waals surface area contributed by atoms with Crippen LogP contribution in [0.4, 0.5) is 0 Å². The van der Waals surface area contributed by atoms with Gasteiger partial charge in [-0.2, -0.15) is 0 Å². The van der Waals surface area contributed by atoms with E-state index < -0.39 is 18.0 Å². The fraction of sp³-hybridized carbons (Fsp3) is 0.500. The molecule has 0 saturated heterocycles. The summed E-state index contributed by atoms with van der Waals surface area (Å²) in [6.45, 7) is 9.08. The zero-order valence-electron chi connectivity index (χ0n) is 12.7. The Balaban J connectivity index is 2.90. The molecule has 4 heteroatoms. The summed E-state index contributed by atoms with van der Waals surface area (Å²) < 4.78 is 10.1. The summed E-state index contributed by atoms with van der Waals surface area (Å²) in [6, 6.07) is 7.80. The predicted molar refractivity (Wildman–Crippen MR) is 76.3 cm³/mol. The summed E-state index contributed by atoms with van der Waals surface area (Å²) in [5, 5.41) is 0. The van der Waals surface area contributed by atoms with Gasteiger partial charge in [0.05, 0.1) is 0 Å². The third kappa shape index (κ3) is 5.03. The minimum absolute atomic E-state index is 0.0315. The number of carbonyl (C=O) groups is 2. The average Bonchev–Trinajstić information content (AvgIpc) is 2.33. The zero-order valence-corrected chi connectivity index (χ0v) is 12.7. The number of hydrogen-bond donors (Lipinski definition) is 0. The van der Waals surface area contributed by atoms with E-state index in [-0.39, 0.29) is 12.0 Å². The molecule has 0 amide bonds. The van der Waals surface area contributed by atoms with E-state index in [0.717, 1.165) is 5.56 Å². The van der Waals surface area contributed by atoms with Crippen molar-refractivity contribution in [3.05, 3.63) is 35.4 Å². The summed E-state index contributed by atoms with van der Waals surface area (Å²) in [6.07, 6.45) is -0.564. The molecule has 1 rings (SSSR count). The van der Waals surface area contributed by atoms with Gasteiger partial charge in [-0.15, -0.1) is 0 Å². The third-order valence-electron chi connectivity index (χ3n) is 2.89. The van der Waals surface area contributed by atoms with Crippen molar-refractivity contribution >= 4 is 11.9 Å². The lowest BCUT2D eigenvalue weighted by molar-refractivity contribution is -0.156. The van der Waals surface area contributed by atoms with Gasteiger partial charge in [0.15, 0.2) is 6.10 Å². The monoisotopic (exact) mass is 278 g/mol. The van der Waals surface area contributed by atoms with E-state index in [1.54, 1.807) is 0 Å².